The summed E-state index contributed by atoms with van der Waals surface area (Å²) in [6.45, 7) is 8.07. The van der Waals surface area contributed by atoms with Crippen LogP contribution in [-0.2, 0) is 11.2 Å². The Morgan fingerprint density at radius 3 is 2.68 bits per heavy atom. The minimum atomic E-state index is -0.833. The van der Waals surface area contributed by atoms with Crippen molar-refractivity contribution in [1.29, 1.82) is 0 Å². The molecule has 2 N–H and O–H groups in total. The highest BCUT2D eigenvalue weighted by atomic mass is 32.1. The van der Waals surface area contributed by atoms with Crippen LogP contribution in [0.4, 0.5) is 0 Å². The molecule has 0 unspecified atom stereocenters. The predicted octanol–water partition coefficient (Wildman–Crippen LogP) is 2.90. The van der Waals surface area contributed by atoms with E-state index in [2.05, 4.69) is 24.4 Å². The van der Waals surface area contributed by atoms with Gasteiger partial charge in [0.15, 0.2) is 0 Å². The Kier molecular flexibility index (Phi) is 6.01. The molecule has 4 heteroatoms. The molecule has 0 saturated carbocycles. The van der Waals surface area contributed by atoms with Gasteiger partial charge in [-0.1, -0.05) is 13.8 Å². The molecule has 1 rings (SSSR count). The van der Waals surface area contributed by atoms with E-state index in [4.69, 9.17) is 0 Å². The standard InChI is InChI=1S/C15H25NO2S/c1-11(2)15(4,18)10-16-14(17)7-5-6-13-9-8-12(3)19-13/h8-9,11,18H,5-7,10H2,1-4H3,(H,16,17)/t15-/m0/s1. The average molecular weight is 283 g/mol. The highest BCUT2D eigenvalue weighted by Crippen LogP contribution is 2.17. The SMILES string of the molecule is Cc1ccc(CCCC(=O)NC[C@](C)(O)C(C)C)s1. The molecule has 1 atom stereocenters. The molecular formula is C15H25NO2S. The van der Waals surface area contributed by atoms with Gasteiger partial charge in [0, 0.05) is 22.7 Å². The summed E-state index contributed by atoms with van der Waals surface area (Å²) in [7, 11) is 0. The lowest BCUT2D eigenvalue weighted by Crippen LogP contribution is -2.44. The highest BCUT2D eigenvalue weighted by molar-refractivity contribution is 7.11. The molecule has 0 aliphatic heterocycles. The summed E-state index contributed by atoms with van der Waals surface area (Å²) in [5.74, 6) is 0.149. The zero-order valence-corrected chi connectivity index (χ0v) is 13.1. The summed E-state index contributed by atoms with van der Waals surface area (Å²) in [5.41, 5.74) is -0.833. The smallest absolute Gasteiger partial charge is 0.220 e. The minimum Gasteiger partial charge on any atom is -0.388 e. The van der Waals surface area contributed by atoms with Crippen molar-refractivity contribution in [3.8, 4) is 0 Å². The van der Waals surface area contributed by atoms with E-state index >= 15 is 0 Å². The summed E-state index contributed by atoms with van der Waals surface area (Å²) in [6, 6.07) is 4.24. The second-order valence-corrected chi connectivity index (χ2v) is 7.03. The minimum absolute atomic E-state index is 0.0224. The van der Waals surface area contributed by atoms with Gasteiger partial charge in [-0.3, -0.25) is 4.79 Å². The Balaban J connectivity index is 2.21. The van der Waals surface area contributed by atoms with Crippen LogP contribution in [0.15, 0.2) is 12.1 Å². The normalized spacial score (nSPS) is 14.4. The Bertz CT molecular complexity index is 410. The van der Waals surface area contributed by atoms with Crippen molar-refractivity contribution < 1.29 is 9.90 Å². The monoisotopic (exact) mass is 283 g/mol. The molecule has 0 bridgehead atoms. The van der Waals surface area contributed by atoms with Gasteiger partial charge in [-0.25, -0.2) is 0 Å². The fourth-order valence-electron chi connectivity index (χ4n) is 1.61. The molecule has 19 heavy (non-hydrogen) atoms. The maximum absolute atomic E-state index is 11.7. The van der Waals surface area contributed by atoms with Gasteiger partial charge in [0.1, 0.15) is 0 Å². The van der Waals surface area contributed by atoms with Crippen LogP contribution < -0.4 is 5.32 Å². The first-order valence-electron chi connectivity index (χ1n) is 6.85. The van der Waals surface area contributed by atoms with E-state index in [1.165, 1.54) is 9.75 Å². The van der Waals surface area contributed by atoms with Crippen molar-refractivity contribution in [3.05, 3.63) is 21.9 Å². The van der Waals surface area contributed by atoms with Crippen LogP contribution in [0.1, 0.15) is 43.4 Å². The molecule has 0 aliphatic carbocycles. The summed E-state index contributed by atoms with van der Waals surface area (Å²) < 4.78 is 0. The topological polar surface area (TPSA) is 49.3 Å². The number of rotatable bonds is 7. The maximum Gasteiger partial charge on any atom is 0.220 e. The molecule has 0 aliphatic rings. The van der Waals surface area contributed by atoms with E-state index in [0.717, 1.165) is 12.8 Å². The van der Waals surface area contributed by atoms with Crippen LogP contribution in [0.25, 0.3) is 0 Å². The third-order valence-electron chi connectivity index (χ3n) is 3.51. The lowest BCUT2D eigenvalue weighted by molar-refractivity contribution is -0.122. The summed E-state index contributed by atoms with van der Waals surface area (Å²) >= 11 is 1.79. The van der Waals surface area contributed by atoms with Crippen LogP contribution in [0.5, 0.6) is 0 Å². The quantitative estimate of drug-likeness (QED) is 0.808. The number of amides is 1. The second kappa shape index (κ2) is 7.06. The number of thiophene rings is 1. The second-order valence-electron chi connectivity index (χ2n) is 5.65. The summed E-state index contributed by atoms with van der Waals surface area (Å²) in [5, 5.41) is 12.8. The number of carbonyl (C=O) groups is 1. The summed E-state index contributed by atoms with van der Waals surface area (Å²) in [6.07, 6.45) is 2.33. The van der Waals surface area contributed by atoms with Gasteiger partial charge in [0.25, 0.3) is 0 Å². The van der Waals surface area contributed by atoms with Crippen molar-refractivity contribution in [3.63, 3.8) is 0 Å². The lowest BCUT2D eigenvalue weighted by Gasteiger charge is -2.27. The molecule has 1 heterocycles. The number of hydrogen-bond donors (Lipinski definition) is 2. The van der Waals surface area contributed by atoms with Crippen LogP contribution in [-0.4, -0.2) is 23.2 Å². The first-order chi connectivity index (χ1) is 8.81. The lowest BCUT2D eigenvalue weighted by atomic mass is 9.92. The van der Waals surface area contributed by atoms with E-state index in [-0.39, 0.29) is 11.8 Å². The third kappa shape index (κ3) is 5.74. The van der Waals surface area contributed by atoms with Gasteiger partial charge >= 0.3 is 0 Å². The fourth-order valence-corrected chi connectivity index (χ4v) is 2.54. The number of carbonyl (C=O) groups excluding carboxylic acids is 1. The Morgan fingerprint density at radius 2 is 2.16 bits per heavy atom. The highest BCUT2D eigenvalue weighted by Gasteiger charge is 2.25. The molecule has 3 nitrogen and oxygen atoms in total. The Labute approximate surface area is 120 Å². The van der Waals surface area contributed by atoms with Crippen molar-refractivity contribution in [2.45, 2.75) is 52.6 Å². The number of aliphatic hydroxyl groups is 1. The van der Waals surface area contributed by atoms with E-state index in [1.807, 2.05) is 13.8 Å². The first-order valence-corrected chi connectivity index (χ1v) is 7.67. The Hall–Kier alpha value is -0.870. The van der Waals surface area contributed by atoms with Crippen molar-refractivity contribution in [2.24, 2.45) is 5.92 Å². The zero-order chi connectivity index (χ0) is 14.5. The fraction of sp³-hybridized carbons (Fsp3) is 0.667. The third-order valence-corrected chi connectivity index (χ3v) is 4.57. The number of nitrogens with one attached hydrogen (secondary N) is 1. The largest absolute Gasteiger partial charge is 0.388 e. The number of hydrogen-bond acceptors (Lipinski definition) is 3. The molecule has 1 amide bonds. The molecule has 1 aromatic heterocycles. The van der Waals surface area contributed by atoms with E-state index in [0.29, 0.717) is 13.0 Å². The van der Waals surface area contributed by atoms with Gasteiger partial charge in [0.05, 0.1) is 5.60 Å². The van der Waals surface area contributed by atoms with Crippen LogP contribution in [0.2, 0.25) is 0 Å². The van der Waals surface area contributed by atoms with Crippen molar-refractivity contribution in [2.75, 3.05) is 6.54 Å². The van der Waals surface area contributed by atoms with Gasteiger partial charge in [0.2, 0.25) is 5.91 Å². The van der Waals surface area contributed by atoms with Gasteiger partial charge in [-0.05, 0) is 44.7 Å². The molecule has 108 valence electrons. The van der Waals surface area contributed by atoms with E-state index in [1.54, 1.807) is 18.3 Å². The molecule has 0 radical (unpaired) electrons. The molecular weight excluding hydrogens is 258 g/mol. The average Bonchev–Trinajstić information content (AvgIpc) is 2.72. The first kappa shape index (κ1) is 16.2. The van der Waals surface area contributed by atoms with Crippen molar-refractivity contribution >= 4 is 17.2 Å². The molecule has 1 aromatic rings. The van der Waals surface area contributed by atoms with E-state index < -0.39 is 5.60 Å². The van der Waals surface area contributed by atoms with E-state index in [9.17, 15) is 9.90 Å². The molecule has 0 fully saturated rings. The van der Waals surface area contributed by atoms with Gasteiger partial charge < -0.3 is 10.4 Å². The van der Waals surface area contributed by atoms with Crippen LogP contribution in [0.3, 0.4) is 0 Å². The number of aryl methyl sites for hydroxylation is 2. The molecule has 0 saturated heterocycles. The predicted molar refractivity (Wildman–Crippen MR) is 80.5 cm³/mol. The molecule has 0 spiro atoms. The van der Waals surface area contributed by atoms with Gasteiger partial charge in [-0.2, -0.15) is 0 Å². The zero-order valence-electron chi connectivity index (χ0n) is 12.3. The van der Waals surface area contributed by atoms with Crippen LogP contribution in [0, 0.1) is 12.8 Å². The maximum atomic E-state index is 11.7. The van der Waals surface area contributed by atoms with Crippen molar-refractivity contribution in [1.82, 2.24) is 5.32 Å². The Morgan fingerprint density at radius 1 is 1.47 bits per heavy atom. The molecule has 0 aromatic carbocycles. The van der Waals surface area contributed by atoms with Gasteiger partial charge in [-0.15, -0.1) is 11.3 Å². The van der Waals surface area contributed by atoms with Crippen LogP contribution >= 0.6 is 11.3 Å². The summed E-state index contributed by atoms with van der Waals surface area (Å²) in [4.78, 5) is 14.3.